The quantitative estimate of drug-likeness (QED) is 0.605. The molecule has 124 valence electrons. The Bertz CT molecular complexity index is 301. The molecule has 0 aromatic heterocycles. The van der Waals surface area contributed by atoms with Crippen molar-refractivity contribution in [2.24, 2.45) is 5.41 Å². The number of likely N-dealkylation sites (tertiary alicyclic amines) is 1. The van der Waals surface area contributed by atoms with Crippen LogP contribution in [0.2, 0.25) is 0 Å². The van der Waals surface area contributed by atoms with Gasteiger partial charge in [0.1, 0.15) is 0 Å². The van der Waals surface area contributed by atoms with E-state index >= 15 is 0 Å². The Morgan fingerprint density at radius 3 is 2.48 bits per heavy atom. The van der Waals surface area contributed by atoms with Gasteiger partial charge in [0.15, 0.2) is 0 Å². The van der Waals surface area contributed by atoms with E-state index in [1.807, 2.05) is 6.92 Å². The second kappa shape index (κ2) is 9.38. The number of nitrogens with zero attached hydrogens (tertiary/aromatic N) is 1. The minimum Gasteiger partial charge on any atom is -0.481 e. The van der Waals surface area contributed by atoms with Crippen molar-refractivity contribution in [3.8, 4) is 0 Å². The maximum absolute atomic E-state index is 11.5. The average Bonchev–Trinajstić information content (AvgIpc) is 2.46. The van der Waals surface area contributed by atoms with Gasteiger partial charge in [0.25, 0.3) is 0 Å². The van der Waals surface area contributed by atoms with Gasteiger partial charge in [-0.3, -0.25) is 4.79 Å². The Balaban J connectivity index is 2.30. The van der Waals surface area contributed by atoms with Crippen LogP contribution in [0.25, 0.3) is 0 Å². The second-order valence-corrected chi connectivity index (χ2v) is 6.22. The number of rotatable bonds is 10. The van der Waals surface area contributed by atoms with Gasteiger partial charge in [0, 0.05) is 13.2 Å². The molecule has 0 spiro atoms. The number of β-amino-alcohol motifs (C(OH)–C–C–N with tert-alkyl or cyclic N) is 1. The number of aliphatic carboxylic acids is 1. The molecule has 0 radical (unpaired) electrons. The third-order valence-corrected chi connectivity index (χ3v) is 4.42. The molecule has 0 amide bonds. The summed E-state index contributed by atoms with van der Waals surface area (Å²) < 4.78 is 5.42. The van der Waals surface area contributed by atoms with Crippen molar-refractivity contribution >= 4 is 5.97 Å². The molecule has 1 fully saturated rings. The van der Waals surface area contributed by atoms with Crippen LogP contribution >= 0.6 is 0 Å². The highest BCUT2D eigenvalue weighted by Crippen LogP contribution is 2.36. The van der Waals surface area contributed by atoms with Gasteiger partial charge in [-0.2, -0.15) is 0 Å². The lowest BCUT2D eigenvalue weighted by Gasteiger charge is -2.39. The summed E-state index contributed by atoms with van der Waals surface area (Å²) in [6.07, 6.45) is 4.65. The molecule has 1 aliphatic heterocycles. The lowest BCUT2D eigenvalue weighted by molar-refractivity contribution is -0.153. The van der Waals surface area contributed by atoms with E-state index in [0.29, 0.717) is 32.6 Å². The maximum atomic E-state index is 11.5. The first-order valence-electron chi connectivity index (χ1n) is 8.25. The van der Waals surface area contributed by atoms with E-state index in [1.54, 1.807) is 0 Å². The van der Waals surface area contributed by atoms with Crippen molar-refractivity contribution in [3.05, 3.63) is 0 Å². The van der Waals surface area contributed by atoms with E-state index in [9.17, 15) is 15.0 Å². The molecule has 1 aliphatic rings. The molecule has 21 heavy (non-hydrogen) atoms. The molecule has 0 aromatic carbocycles. The first-order chi connectivity index (χ1) is 10.0. The van der Waals surface area contributed by atoms with Crippen LogP contribution in [0.1, 0.15) is 52.4 Å². The van der Waals surface area contributed by atoms with Gasteiger partial charge >= 0.3 is 5.97 Å². The molecule has 1 unspecified atom stereocenters. The molecular weight excluding hydrogens is 270 g/mol. The highest BCUT2D eigenvalue weighted by atomic mass is 16.5. The number of piperidine rings is 1. The van der Waals surface area contributed by atoms with E-state index in [2.05, 4.69) is 11.8 Å². The Labute approximate surface area is 128 Å². The van der Waals surface area contributed by atoms with Crippen LogP contribution < -0.4 is 0 Å². The van der Waals surface area contributed by atoms with Crippen molar-refractivity contribution in [2.75, 3.05) is 32.8 Å². The summed E-state index contributed by atoms with van der Waals surface area (Å²) in [4.78, 5) is 13.7. The van der Waals surface area contributed by atoms with Crippen LogP contribution in [-0.2, 0) is 9.53 Å². The fourth-order valence-corrected chi connectivity index (χ4v) is 3.03. The third kappa shape index (κ3) is 5.93. The monoisotopic (exact) mass is 301 g/mol. The number of ether oxygens (including phenoxy) is 1. The molecule has 0 bridgehead atoms. The fourth-order valence-electron chi connectivity index (χ4n) is 3.03. The topological polar surface area (TPSA) is 70.0 Å². The normalized spacial score (nSPS) is 20.3. The summed E-state index contributed by atoms with van der Waals surface area (Å²) in [5, 5.41) is 19.4. The van der Waals surface area contributed by atoms with Crippen LogP contribution in [0.15, 0.2) is 0 Å². The first-order valence-corrected chi connectivity index (χ1v) is 8.25. The standard InChI is InChI=1S/C16H31NO4/c1-3-5-11-21-13-14(18)12-17-9-7-16(6-4-2,8-10-17)15(19)20/h14,18H,3-13H2,1-2H3,(H,19,20). The predicted molar refractivity (Wildman–Crippen MR) is 82.4 cm³/mol. The van der Waals surface area contributed by atoms with Crippen LogP contribution in [0, 0.1) is 5.41 Å². The largest absolute Gasteiger partial charge is 0.481 e. The number of carboxylic acids is 1. The Morgan fingerprint density at radius 2 is 1.95 bits per heavy atom. The van der Waals surface area contributed by atoms with Crippen molar-refractivity contribution in [2.45, 2.75) is 58.5 Å². The summed E-state index contributed by atoms with van der Waals surface area (Å²) in [5.74, 6) is -0.660. The van der Waals surface area contributed by atoms with Gasteiger partial charge in [-0.25, -0.2) is 0 Å². The number of aliphatic hydroxyl groups is 1. The summed E-state index contributed by atoms with van der Waals surface area (Å²) in [6.45, 7) is 7.29. The molecule has 1 rings (SSSR count). The fraction of sp³-hybridized carbons (Fsp3) is 0.938. The average molecular weight is 301 g/mol. The van der Waals surface area contributed by atoms with Crippen molar-refractivity contribution in [1.29, 1.82) is 0 Å². The molecule has 5 heteroatoms. The zero-order valence-electron chi connectivity index (χ0n) is 13.5. The van der Waals surface area contributed by atoms with Crippen LogP contribution in [-0.4, -0.2) is 60.0 Å². The Morgan fingerprint density at radius 1 is 1.29 bits per heavy atom. The zero-order valence-corrected chi connectivity index (χ0v) is 13.5. The number of hydrogen-bond donors (Lipinski definition) is 2. The maximum Gasteiger partial charge on any atom is 0.309 e. The summed E-state index contributed by atoms with van der Waals surface area (Å²) in [7, 11) is 0. The zero-order chi connectivity index (χ0) is 15.7. The second-order valence-electron chi connectivity index (χ2n) is 6.22. The number of unbranched alkanes of at least 4 members (excludes halogenated alkanes) is 1. The van der Waals surface area contributed by atoms with E-state index < -0.39 is 17.5 Å². The first kappa shape index (κ1) is 18.4. The van der Waals surface area contributed by atoms with Gasteiger partial charge in [-0.15, -0.1) is 0 Å². The van der Waals surface area contributed by atoms with Crippen molar-refractivity contribution < 1.29 is 19.7 Å². The van der Waals surface area contributed by atoms with E-state index in [1.165, 1.54) is 0 Å². The van der Waals surface area contributed by atoms with Gasteiger partial charge < -0.3 is 19.8 Å². The molecule has 1 saturated heterocycles. The Kier molecular flexibility index (Phi) is 8.22. The molecule has 0 aromatic rings. The lowest BCUT2D eigenvalue weighted by atomic mass is 9.75. The lowest BCUT2D eigenvalue weighted by Crippen LogP contribution is -2.47. The molecule has 5 nitrogen and oxygen atoms in total. The third-order valence-electron chi connectivity index (χ3n) is 4.42. The van der Waals surface area contributed by atoms with E-state index in [4.69, 9.17) is 4.74 Å². The highest BCUT2D eigenvalue weighted by molar-refractivity contribution is 5.74. The van der Waals surface area contributed by atoms with Gasteiger partial charge in [0.05, 0.1) is 18.1 Å². The summed E-state index contributed by atoms with van der Waals surface area (Å²) in [6, 6.07) is 0. The SMILES string of the molecule is CCCCOCC(O)CN1CCC(CCC)(C(=O)O)CC1. The molecular formula is C16H31NO4. The number of carboxylic acid groups (broad SMARTS) is 1. The van der Waals surface area contributed by atoms with Crippen LogP contribution in [0.5, 0.6) is 0 Å². The number of hydrogen-bond acceptors (Lipinski definition) is 4. The minimum atomic E-state index is -0.660. The molecule has 0 aliphatic carbocycles. The van der Waals surface area contributed by atoms with Crippen LogP contribution in [0.4, 0.5) is 0 Å². The smallest absolute Gasteiger partial charge is 0.309 e. The van der Waals surface area contributed by atoms with Gasteiger partial charge in [-0.05, 0) is 38.8 Å². The minimum absolute atomic E-state index is 0.371. The van der Waals surface area contributed by atoms with E-state index in [0.717, 1.165) is 38.8 Å². The highest BCUT2D eigenvalue weighted by Gasteiger charge is 2.40. The molecule has 1 atom stereocenters. The number of carbonyl (C=O) groups is 1. The van der Waals surface area contributed by atoms with Gasteiger partial charge in [-0.1, -0.05) is 26.7 Å². The van der Waals surface area contributed by atoms with E-state index in [-0.39, 0.29) is 0 Å². The summed E-state index contributed by atoms with van der Waals surface area (Å²) >= 11 is 0. The Hall–Kier alpha value is -0.650. The van der Waals surface area contributed by atoms with Crippen molar-refractivity contribution in [3.63, 3.8) is 0 Å². The summed E-state index contributed by atoms with van der Waals surface area (Å²) in [5.41, 5.74) is -0.548. The molecule has 1 heterocycles. The van der Waals surface area contributed by atoms with Crippen molar-refractivity contribution in [1.82, 2.24) is 4.90 Å². The predicted octanol–water partition coefficient (Wildman–Crippen LogP) is 2.13. The molecule has 0 saturated carbocycles. The van der Waals surface area contributed by atoms with Crippen LogP contribution in [0.3, 0.4) is 0 Å². The molecule has 2 N–H and O–H groups in total. The van der Waals surface area contributed by atoms with Gasteiger partial charge in [0.2, 0.25) is 0 Å². The number of aliphatic hydroxyl groups excluding tert-OH is 1.